The zero-order chi connectivity index (χ0) is 18.4. The van der Waals surface area contributed by atoms with Gasteiger partial charge in [0, 0.05) is 25.6 Å². The third-order valence-electron chi connectivity index (χ3n) is 4.23. The molecule has 1 aliphatic heterocycles. The summed E-state index contributed by atoms with van der Waals surface area (Å²) in [5.41, 5.74) is 1.02. The summed E-state index contributed by atoms with van der Waals surface area (Å²) in [6.07, 6.45) is -3.28. The molecule has 0 aliphatic carbocycles. The van der Waals surface area contributed by atoms with E-state index < -0.39 is 18.1 Å². The van der Waals surface area contributed by atoms with Crippen LogP contribution < -0.4 is 10.1 Å². The number of amides is 2. The smallest absolute Gasteiger partial charge is 0.471 e. The van der Waals surface area contributed by atoms with Gasteiger partial charge in [0.15, 0.2) is 0 Å². The molecule has 5 nitrogen and oxygen atoms in total. The Hall–Kier alpha value is -2.25. The van der Waals surface area contributed by atoms with E-state index in [1.54, 1.807) is 12.0 Å². The van der Waals surface area contributed by atoms with E-state index in [-0.39, 0.29) is 5.91 Å². The van der Waals surface area contributed by atoms with E-state index in [1.807, 2.05) is 29.6 Å². The van der Waals surface area contributed by atoms with Crippen molar-refractivity contribution >= 4 is 11.8 Å². The lowest BCUT2D eigenvalue weighted by Crippen LogP contribution is -2.49. The first-order valence-corrected chi connectivity index (χ1v) is 8.08. The molecule has 0 radical (unpaired) electrons. The lowest BCUT2D eigenvalue weighted by molar-refractivity contribution is -0.174. The van der Waals surface area contributed by atoms with Crippen LogP contribution in [0.2, 0.25) is 0 Å². The third-order valence-corrected chi connectivity index (χ3v) is 4.23. The first kappa shape index (κ1) is 19.1. The summed E-state index contributed by atoms with van der Waals surface area (Å²) in [5, 5.41) is 1.97. The Balaban J connectivity index is 1.74. The maximum atomic E-state index is 12.2. The van der Waals surface area contributed by atoms with E-state index in [0.717, 1.165) is 11.3 Å². The monoisotopic (exact) mass is 358 g/mol. The van der Waals surface area contributed by atoms with Crippen molar-refractivity contribution in [1.29, 1.82) is 0 Å². The molecule has 2 amide bonds. The number of nitrogens with zero attached hydrogens (tertiary/aromatic N) is 1. The molecule has 8 heteroatoms. The zero-order valence-corrected chi connectivity index (χ0v) is 13.9. The summed E-state index contributed by atoms with van der Waals surface area (Å²) in [6.45, 7) is 0.703. The largest absolute Gasteiger partial charge is 0.497 e. The molecule has 0 spiro atoms. The average Bonchev–Trinajstić information content (AvgIpc) is 2.60. The SMILES string of the molecule is COc1ccc(CCC(=O)N2CCC(NC(=O)C(F)(F)F)CC2)cc1. The summed E-state index contributed by atoms with van der Waals surface area (Å²) in [6, 6.07) is 6.90. The van der Waals surface area contributed by atoms with Crippen molar-refractivity contribution < 1.29 is 27.5 Å². The molecular formula is C17H21F3N2O3. The molecule has 1 fully saturated rings. The second-order valence-electron chi connectivity index (χ2n) is 5.97. The molecule has 0 aromatic heterocycles. The summed E-state index contributed by atoms with van der Waals surface area (Å²) >= 11 is 0. The van der Waals surface area contributed by atoms with Gasteiger partial charge in [0.2, 0.25) is 5.91 Å². The molecule has 1 aromatic carbocycles. The van der Waals surface area contributed by atoms with Gasteiger partial charge in [0.25, 0.3) is 0 Å². The van der Waals surface area contributed by atoms with Gasteiger partial charge in [0.1, 0.15) is 5.75 Å². The van der Waals surface area contributed by atoms with Crippen LogP contribution in [0.3, 0.4) is 0 Å². The Morgan fingerprint density at radius 2 is 1.80 bits per heavy atom. The van der Waals surface area contributed by atoms with Crippen molar-refractivity contribution in [1.82, 2.24) is 10.2 Å². The van der Waals surface area contributed by atoms with Gasteiger partial charge in [-0.1, -0.05) is 12.1 Å². The van der Waals surface area contributed by atoms with Crippen LogP contribution in [0.1, 0.15) is 24.8 Å². The molecule has 0 saturated carbocycles. The van der Waals surface area contributed by atoms with Crippen LogP contribution in [0.5, 0.6) is 5.75 Å². The minimum Gasteiger partial charge on any atom is -0.497 e. The normalized spacial score (nSPS) is 15.8. The topological polar surface area (TPSA) is 58.6 Å². The second-order valence-corrected chi connectivity index (χ2v) is 5.97. The highest BCUT2D eigenvalue weighted by atomic mass is 19.4. The number of benzene rings is 1. The highest BCUT2D eigenvalue weighted by molar-refractivity contribution is 5.82. The van der Waals surface area contributed by atoms with Gasteiger partial charge < -0.3 is 15.0 Å². The Kier molecular flexibility index (Phi) is 6.27. The highest BCUT2D eigenvalue weighted by Gasteiger charge is 2.40. The Labute approximate surface area is 144 Å². The van der Waals surface area contributed by atoms with Gasteiger partial charge in [-0.25, -0.2) is 0 Å². The van der Waals surface area contributed by atoms with E-state index in [2.05, 4.69) is 0 Å². The number of hydrogen-bond donors (Lipinski definition) is 1. The number of alkyl halides is 3. The van der Waals surface area contributed by atoms with Crippen LogP contribution in [0.25, 0.3) is 0 Å². The average molecular weight is 358 g/mol. The van der Waals surface area contributed by atoms with Crippen LogP contribution in [-0.2, 0) is 16.0 Å². The maximum Gasteiger partial charge on any atom is 0.471 e. The van der Waals surface area contributed by atoms with Crippen molar-refractivity contribution in [2.75, 3.05) is 20.2 Å². The van der Waals surface area contributed by atoms with Crippen LogP contribution in [0, 0.1) is 0 Å². The quantitative estimate of drug-likeness (QED) is 0.879. The number of methoxy groups -OCH3 is 1. The number of ether oxygens (including phenoxy) is 1. The van der Waals surface area contributed by atoms with Crippen molar-refractivity contribution in [2.24, 2.45) is 0 Å². The van der Waals surface area contributed by atoms with E-state index in [9.17, 15) is 22.8 Å². The predicted octanol–water partition coefficient (Wildman–Crippen LogP) is 2.30. The molecule has 1 heterocycles. The van der Waals surface area contributed by atoms with Gasteiger partial charge in [0.05, 0.1) is 7.11 Å². The van der Waals surface area contributed by atoms with Crippen LogP contribution in [0.15, 0.2) is 24.3 Å². The summed E-state index contributed by atoms with van der Waals surface area (Å²) in [5.74, 6) is -1.20. The van der Waals surface area contributed by atoms with Crippen molar-refractivity contribution in [3.05, 3.63) is 29.8 Å². The molecule has 1 aromatic rings. The maximum absolute atomic E-state index is 12.2. The highest BCUT2D eigenvalue weighted by Crippen LogP contribution is 2.18. The molecule has 0 unspecified atom stereocenters. The van der Waals surface area contributed by atoms with E-state index >= 15 is 0 Å². The molecular weight excluding hydrogens is 337 g/mol. The second kappa shape index (κ2) is 8.22. The van der Waals surface area contributed by atoms with Crippen molar-refractivity contribution in [3.63, 3.8) is 0 Å². The lowest BCUT2D eigenvalue weighted by atomic mass is 10.0. The van der Waals surface area contributed by atoms with Gasteiger partial charge >= 0.3 is 12.1 Å². The summed E-state index contributed by atoms with van der Waals surface area (Å²) < 4.78 is 41.8. The van der Waals surface area contributed by atoms with E-state index in [1.165, 1.54) is 0 Å². The lowest BCUT2D eigenvalue weighted by Gasteiger charge is -2.32. The Morgan fingerprint density at radius 1 is 1.20 bits per heavy atom. The van der Waals surface area contributed by atoms with Crippen molar-refractivity contribution in [2.45, 2.75) is 37.9 Å². The molecule has 25 heavy (non-hydrogen) atoms. The first-order chi connectivity index (χ1) is 11.8. The zero-order valence-electron chi connectivity index (χ0n) is 13.9. The number of likely N-dealkylation sites (tertiary alicyclic amines) is 1. The number of aryl methyl sites for hydroxylation is 1. The predicted molar refractivity (Wildman–Crippen MR) is 85.1 cm³/mol. The van der Waals surface area contributed by atoms with E-state index in [0.29, 0.717) is 38.8 Å². The van der Waals surface area contributed by atoms with Crippen LogP contribution >= 0.6 is 0 Å². The number of rotatable bonds is 5. The minimum atomic E-state index is -4.87. The standard InChI is InChI=1S/C17H21F3N2O3/c1-25-14-5-2-12(3-6-14)4-7-15(23)22-10-8-13(9-11-22)21-16(24)17(18,19)20/h2-3,5-6,13H,4,7-11H2,1H3,(H,21,24). The molecule has 138 valence electrons. The number of carbonyl (C=O) groups excluding carboxylic acids is 2. The minimum absolute atomic E-state index is 0.0311. The molecule has 2 rings (SSSR count). The number of carbonyl (C=O) groups is 2. The van der Waals surface area contributed by atoms with Gasteiger partial charge in [-0.3, -0.25) is 9.59 Å². The molecule has 1 N–H and O–H groups in total. The number of piperidine rings is 1. The van der Waals surface area contributed by atoms with E-state index in [4.69, 9.17) is 4.74 Å². The molecule has 1 saturated heterocycles. The summed E-state index contributed by atoms with van der Waals surface area (Å²) in [4.78, 5) is 24.8. The fourth-order valence-electron chi connectivity index (χ4n) is 2.74. The van der Waals surface area contributed by atoms with Crippen LogP contribution in [0.4, 0.5) is 13.2 Å². The first-order valence-electron chi connectivity index (χ1n) is 8.08. The molecule has 0 atom stereocenters. The van der Waals surface area contributed by atoms with Gasteiger partial charge in [-0.15, -0.1) is 0 Å². The van der Waals surface area contributed by atoms with Gasteiger partial charge in [-0.05, 0) is 37.0 Å². The Bertz CT molecular complexity index is 594. The number of hydrogen-bond acceptors (Lipinski definition) is 3. The number of nitrogens with one attached hydrogen (secondary N) is 1. The Morgan fingerprint density at radius 3 is 2.32 bits per heavy atom. The summed E-state index contributed by atoms with van der Waals surface area (Å²) in [7, 11) is 1.58. The van der Waals surface area contributed by atoms with Crippen molar-refractivity contribution in [3.8, 4) is 5.75 Å². The fourth-order valence-corrected chi connectivity index (χ4v) is 2.74. The molecule has 0 bridgehead atoms. The fraction of sp³-hybridized carbons (Fsp3) is 0.529. The van der Waals surface area contributed by atoms with Crippen LogP contribution in [-0.4, -0.2) is 49.1 Å². The molecule has 1 aliphatic rings. The number of halogens is 3. The van der Waals surface area contributed by atoms with Gasteiger partial charge in [-0.2, -0.15) is 13.2 Å². The third kappa shape index (κ3) is 5.65.